The van der Waals surface area contributed by atoms with Gasteiger partial charge >= 0.3 is 5.97 Å². The minimum atomic E-state index is -0.401. The van der Waals surface area contributed by atoms with Gasteiger partial charge in [-0.25, -0.2) is 4.79 Å². The lowest BCUT2D eigenvalue weighted by Crippen LogP contribution is -2.08. The van der Waals surface area contributed by atoms with Crippen LogP contribution in [0.3, 0.4) is 0 Å². The first-order chi connectivity index (χ1) is 11.2. The molecule has 3 aromatic rings. The molecule has 4 heteroatoms. The predicted octanol–water partition coefficient (Wildman–Crippen LogP) is 5.12. The molecule has 0 bridgehead atoms. The number of carbonyl (C=O) groups excluding carboxylic acids is 1. The van der Waals surface area contributed by atoms with Crippen molar-refractivity contribution in [2.75, 3.05) is 0 Å². The van der Waals surface area contributed by atoms with Gasteiger partial charge in [-0.05, 0) is 36.2 Å². The highest BCUT2D eigenvalue weighted by atomic mass is 35.5. The van der Waals surface area contributed by atoms with E-state index < -0.39 is 5.97 Å². The number of carbonyl (C=O) groups is 1. The van der Waals surface area contributed by atoms with Gasteiger partial charge in [-0.15, -0.1) is 0 Å². The van der Waals surface area contributed by atoms with E-state index in [-0.39, 0.29) is 0 Å². The third kappa shape index (κ3) is 3.46. The number of hydrogen-bond donors (Lipinski definition) is 1. The van der Waals surface area contributed by atoms with Crippen molar-refractivity contribution in [2.45, 2.75) is 13.3 Å². The Balaban J connectivity index is 1.95. The lowest BCUT2D eigenvalue weighted by molar-refractivity contribution is 0.0736. The molecule has 1 N–H and O–H groups in total. The number of esters is 1. The zero-order chi connectivity index (χ0) is 16.2. The van der Waals surface area contributed by atoms with Crippen LogP contribution in [0.4, 0.5) is 0 Å². The molecule has 0 amide bonds. The molecule has 116 valence electrons. The fourth-order valence-electron chi connectivity index (χ4n) is 2.39. The van der Waals surface area contributed by atoms with Gasteiger partial charge in [-0.1, -0.05) is 54.9 Å². The third-order valence-electron chi connectivity index (χ3n) is 3.54. The number of benzene rings is 2. The summed E-state index contributed by atoms with van der Waals surface area (Å²) in [7, 11) is 0. The molecule has 0 spiro atoms. The molecule has 1 aromatic heterocycles. The topological polar surface area (TPSA) is 42.1 Å². The van der Waals surface area contributed by atoms with Crippen LogP contribution in [0.2, 0.25) is 5.02 Å². The third-order valence-corrected chi connectivity index (χ3v) is 3.78. The Morgan fingerprint density at radius 3 is 2.57 bits per heavy atom. The Kier molecular flexibility index (Phi) is 4.49. The largest absolute Gasteiger partial charge is 0.423 e. The fraction of sp³-hybridized carbons (Fsp3) is 0.105. The van der Waals surface area contributed by atoms with Crippen LogP contribution >= 0.6 is 11.6 Å². The lowest BCUT2D eigenvalue weighted by atomic mass is 10.1. The van der Waals surface area contributed by atoms with Crippen molar-refractivity contribution in [1.29, 1.82) is 0 Å². The average Bonchev–Trinajstić information content (AvgIpc) is 3.00. The molecule has 0 radical (unpaired) electrons. The van der Waals surface area contributed by atoms with Gasteiger partial charge in [0.05, 0.1) is 11.3 Å². The van der Waals surface area contributed by atoms with E-state index in [1.54, 1.807) is 24.3 Å². The molecule has 0 unspecified atom stereocenters. The zero-order valence-electron chi connectivity index (χ0n) is 12.7. The minimum Gasteiger partial charge on any atom is -0.423 e. The molecule has 1 heterocycles. The molecular formula is C19H16ClNO2. The van der Waals surface area contributed by atoms with Gasteiger partial charge in [0.15, 0.2) is 0 Å². The van der Waals surface area contributed by atoms with E-state index in [0.717, 1.165) is 23.4 Å². The molecule has 0 saturated carbocycles. The first-order valence-corrected chi connectivity index (χ1v) is 7.80. The van der Waals surface area contributed by atoms with Crippen LogP contribution in [0.15, 0.2) is 60.7 Å². The Bertz CT molecular complexity index is 824. The molecular weight excluding hydrogens is 310 g/mol. The minimum absolute atomic E-state index is 0.401. The highest BCUT2D eigenvalue weighted by molar-refractivity contribution is 6.30. The number of aryl methyl sites for hydroxylation is 1. The lowest BCUT2D eigenvalue weighted by Gasteiger charge is -2.06. The van der Waals surface area contributed by atoms with Crippen LogP contribution in [-0.2, 0) is 6.42 Å². The van der Waals surface area contributed by atoms with Crippen LogP contribution in [0, 0.1) is 0 Å². The highest BCUT2D eigenvalue weighted by Gasteiger charge is 2.18. The van der Waals surface area contributed by atoms with E-state index in [4.69, 9.17) is 16.3 Å². The van der Waals surface area contributed by atoms with E-state index in [1.807, 2.05) is 43.3 Å². The van der Waals surface area contributed by atoms with Crippen LogP contribution in [0.5, 0.6) is 5.75 Å². The van der Waals surface area contributed by atoms with Crippen LogP contribution in [0.1, 0.15) is 23.0 Å². The molecule has 3 rings (SSSR count). The summed E-state index contributed by atoms with van der Waals surface area (Å²) in [5.74, 6) is 0.0304. The summed E-state index contributed by atoms with van der Waals surface area (Å²) in [6.07, 6.45) is 0.810. The number of aromatic amines is 1. The average molecular weight is 326 g/mol. The monoisotopic (exact) mass is 325 g/mol. The fourth-order valence-corrected chi connectivity index (χ4v) is 2.57. The van der Waals surface area contributed by atoms with Gasteiger partial charge in [0.25, 0.3) is 0 Å². The summed E-state index contributed by atoms with van der Waals surface area (Å²) < 4.78 is 5.46. The van der Waals surface area contributed by atoms with Crippen molar-refractivity contribution in [2.24, 2.45) is 0 Å². The number of halogens is 1. The van der Waals surface area contributed by atoms with Gasteiger partial charge in [0.2, 0.25) is 0 Å². The SMILES string of the molecule is CCc1cc(C(=O)Oc2cccc(Cl)c2)c(-c2ccccc2)[nH]1. The predicted molar refractivity (Wildman–Crippen MR) is 92.0 cm³/mol. The maximum Gasteiger partial charge on any atom is 0.345 e. The highest BCUT2D eigenvalue weighted by Crippen LogP contribution is 2.26. The van der Waals surface area contributed by atoms with Crippen molar-refractivity contribution < 1.29 is 9.53 Å². The molecule has 0 aliphatic rings. The zero-order valence-corrected chi connectivity index (χ0v) is 13.4. The van der Waals surface area contributed by atoms with E-state index >= 15 is 0 Å². The number of aromatic nitrogens is 1. The Morgan fingerprint density at radius 1 is 1.09 bits per heavy atom. The van der Waals surface area contributed by atoms with E-state index in [2.05, 4.69) is 4.98 Å². The van der Waals surface area contributed by atoms with Gasteiger partial charge in [0.1, 0.15) is 5.75 Å². The van der Waals surface area contributed by atoms with Crippen molar-refractivity contribution in [3.8, 4) is 17.0 Å². The maximum absolute atomic E-state index is 12.6. The van der Waals surface area contributed by atoms with Crippen LogP contribution in [0.25, 0.3) is 11.3 Å². The summed E-state index contributed by atoms with van der Waals surface area (Å²) in [5, 5.41) is 0.530. The second-order valence-corrected chi connectivity index (χ2v) is 5.59. The standard InChI is InChI=1S/C19H16ClNO2/c1-2-15-12-17(18(21-15)13-7-4-3-5-8-13)19(22)23-16-10-6-9-14(20)11-16/h3-12,21H,2H2,1H3. The molecule has 0 aliphatic heterocycles. The normalized spacial score (nSPS) is 10.5. The van der Waals surface area contributed by atoms with Crippen LogP contribution < -0.4 is 4.74 Å². The van der Waals surface area contributed by atoms with Crippen molar-refractivity contribution in [3.63, 3.8) is 0 Å². The van der Waals surface area contributed by atoms with Crippen molar-refractivity contribution in [1.82, 2.24) is 4.98 Å². The van der Waals surface area contributed by atoms with Gasteiger partial charge in [-0.2, -0.15) is 0 Å². The summed E-state index contributed by atoms with van der Waals surface area (Å²) >= 11 is 5.93. The molecule has 0 aliphatic carbocycles. The quantitative estimate of drug-likeness (QED) is 0.534. The van der Waals surface area contributed by atoms with Crippen molar-refractivity contribution >= 4 is 17.6 Å². The summed E-state index contributed by atoms with van der Waals surface area (Å²) in [5.41, 5.74) is 3.23. The number of H-pyrrole nitrogens is 1. The Morgan fingerprint density at radius 2 is 1.87 bits per heavy atom. The molecule has 0 fully saturated rings. The van der Waals surface area contributed by atoms with Gasteiger partial charge in [-0.3, -0.25) is 0 Å². The summed E-state index contributed by atoms with van der Waals surface area (Å²) in [4.78, 5) is 15.9. The van der Waals surface area contributed by atoms with E-state index in [9.17, 15) is 4.79 Å². The van der Waals surface area contributed by atoms with Gasteiger partial charge in [0, 0.05) is 10.7 Å². The smallest absolute Gasteiger partial charge is 0.345 e. The second-order valence-electron chi connectivity index (χ2n) is 5.15. The first-order valence-electron chi connectivity index (χ1n) is 7.42. The molecule has 0 saturated heterocycles. The van der Waals surface area contributed by atoms with E-state index in [1.165, 1.54) is 0 Å². The Labute approximate surface area is 139 Å². The number of rotatable bonds is 4. The van der Waals surface area contributed by atoms with Crippen LogP contribution in [-0.4, -0.2) is 11.0 Å². The number of ether oxygens (including phenoxy) is 1. The molecule has 0 atom stereocenters. The summed E-state index contributed by atoms with van der Waals surface area (Å²) in [6.45, 7) is 2.03. The molecule has 2 aromatic carbocycles. The maximum atomic E-state index is 12.6. The number of hydrogen-bond acceptors (Lipinski definition) is 2. The second kappa shape index (κ2) is 6.71. The van der Waals surface area contributed by atoms with Gasteiger partial charge < -0.3 is 9.72 Å². The first kappa shape index (κ1) is 15.4. The Hall–Kier alpha value is -2.52. The molecule has 3 nitrogen and oxygen atoms in total. The molecule has 23 heavy (non-hydrogen) atoms. The van der Waals surface area contributed by atoms with Crippen molar-refractivity contribution in [3.05, 3.63) is 76.9 Å². The summed E-state index contributed by atoms with van der Waals surface area (Å²) in [6, 6.07) is 18.4. The number of nitrogens with one attached hydrogen (secondary N) is 1. The van der Waals surface area contributed by atoms with E-state index in [0.29, 0.717) is 16.3 Å².